The number of hydrogen-bond donors (Lipinski definition) is 1. The van der Waals surface area contributed by atoms with Gasteiger partial charge in [-0.05, 0) is 51.3 Å². The third-order valence-electron chi connectivity index (χ3n) is 5.21. The fourth-order valence-corrected chi connectivity index (χ4v) is 3.94. The lowest BCUT2D eigenvalue weighted by molar-refractivity contribution is -0.154. The fraction of sp³-hybridized carbons (Fsp3) is 0.632. The summed E-state index contributed by atoms with van der Waals surface area (Å²) in [7, 11) is 0. The number of ether oxygens (including phenoxy) is 1. The molecule has 126 valence electrons. The van der Waals surface area contributed by atoms with E-state index >= 15 is 0 Å². The van der Waals surface area contributed by atoms with Gasteiger partial charge in [-0.15, -0.1) is 0 Å². The summed E-state index contributed by atoms with van der Waals surface area (Å²) in [4.78, 5) is 15.0. The van der Waals surface area contributed by atoms with Crippen LogP contribution in [0, 0.1) is 5.92 Å². The van der Waals surface area contributed by atoms with E-state index in [1.165, 1.54) is 0 Å². The summed E-state index contributed by atoms with van der Waals surface area (Å²) in [5.41, 5.74) is 1.16. The van der Waals surface area contributed by atoms with E-state index in [0.29, 0.717) is 24.9 Å². The highest BCUT2D eigenvalue weighted by Gasteiger charge is 2.37. The Kier molecular flexibility index (Phi) is 5.34. The number of nitrogens with zero attached hydrogens (tertiary/aromatic N) is 1. The Morgan fingerprint density at radius 1 is 1.22 bits per heavy atom. The third-order valence-corrected chi connectivity index (χ3v) is 5.21. The van der Waals surface area contributed by atoms with Gasteiger partial charge in [0.25, 0.3) is 0 Å². The molecule has 4 heteroatoms. The van der Waals surface area contributed by atoms with Crippen molar-refractivity contribution in [2.75, 3.05) is 19.7 Å². The van der Waals surface area contributed by atoms with E-state index in [1.54, 1.807) is 0 Å². The topological polar surface area (TPSA) is 41.6 Å². The molecule has 2 saturated heterocycles. The van der Waals surface area contributed by atoms with Crippen molar-refractivity contribution in [3.05, 3.63) is 35.9 Å². The second-order valence-corrected chi connectivity index (χ2v) is 6.95. The number of carbonyl (C=O) groups excluding carboxylic acids is 1. The number of nitrogens with one attached hydrogen (secondary N) is 1. The molecular weight excluding hydrogens is 288 g/mol. The average molecular weight is 316 g/mol. The zero-order valence-electron chi connectivity index (χ0n) is 14.2. The van der Waals surface area contributed by atoms with E-state index < -0.39 is 0 Å². The molecule has 4 nitrogen and oxygen atoms in total. The van der Waals surface area contributed by atoms with Gasteiger partial charge in [-0.1, -0.05) is 30.3 Å². The van der Waals surface area contributed by atoms with Crippen LogP contribution >= 0.6 is 0 Å². The summed E-state index contributed by atoms with van der Waals surface area (Å²) in [6.07, 6.45) is 2.88. The maximum atomic E-state index is 12.9. The highest BCUT2D eigenvalue weighted by atomic mass is 16.5. The van der Waals surface area contributed by atoms with Crippen LogP contribution in [-0.4, -0.2) is 42.6 Å². The van der Waals surface area contributed by atoms with Crippen LogP contribution < -0.4 is 5.32 Å². The monoisotopic (exact) mass is 316 g/mol. The second kappa shape index (κ2) is 7.45. The van der Waals surface area contributed by atoms with Crippen molar-refractivity contribution in [2.24, 2.45) is 5.92 Å². The molecule has 0 aromatic heterocycles. The van der Waals surface area contributed by atoms with Crippen LogP contribution in [0.5, 0.6) is 0 Å². The van der Waals surface area contributed by atoms with Crippen molar-refractivity contribution >= 4 is 5.91 Å². The molecule has 2 heterocycles. The molecule has 23 heavy (non-hydrogen) atoms. The fourth-order valence-electron chi connectivity index (χ4n) is 3.94. The second-order valence-electron chi connectivity index (χ2n) is 6.95. The van der Waals surface area contributed by atoms with Gasteiger partial charge in [0, 0.05) is 6.42 Å². The minimum atomic E-state index is -0.0237. The SMILES string of the molecule is C[C@@H]1CO[C@H](c2ccccc2)[C@@H](C)N1C(=O)CC1CCNCC1. The van der Waals surface area contributed by atoms with Gasteiger partial charge in [0.2, 0.25) is 5.91 Å². The molecule has 1 N–H and O–H groups in total. The number of carbonyl (C=O) groups is 1. The smallest absolute Gasteiger partial charge is 0.223 e. The third kappa shape index (κ3) is 3.75. The normalized spacial score (nSPS) is 29.5. The Labute approximate surface area is 139 Å². The van der Waals surface area contributed by atoms with E-state index in [1.807, 2.05) is 18.2 Å². The number of piperidine rings is 1. The molecule has 0 radical (unpaired) electrons. The molecular formula is C19H28N2O2. The Hall–Kier alpha value is -1.39. The lowest BCUT2D eigenvalue weighted by Gasteiger charge is -2.44. The van der Waals surface area contributed by atoms with E-state index in [9.17, 15) is 4.79 Å². The van der Waals surface area contributed by atoms with Gasteiger partial charge in [0.1, 0.15) is 6.10 Å². The van der Waals surface area contributed by atoms with Crippen LogP contribution in [0.2, 0.25) is 0 Å². The maximum Gasteiger partial charge on any atom is 0.223 e. The van der Waals surface area contributed by atoms with Gasteiger partial charge in [-0.2, -0.15) is 0 Å². The Balaban J connectivity index is 1.70. The molecule has 0 unspecified atom stereocenters. The number of morpholine rings is 1. The van der Waals surface area contributed by atoms with Crippen LogP contribution in [0.25, 0.3) is 0 Å². The molecule has 3 atom stereocenters. The highest BCUT2D eigenvalue weighted by molar-refractivity contribution is 5.77. The van der Waals surface area contributed by atoms with Crippen LogP contribution in [-0.2, 0) is 9.53 Å². The van der Waals surface area contributed by atoms with Crippen molar-refractivity contribution < 1.29 is 9.53 Å². The summed E-state index contributed by atoms with van der Waals surface area (Å²) in [5, 5.41) is 3.37. The number of amides is 1. The molecule has 2 aliphatic rings. The molecule has 1 aromatic rings. The first-order valence-electron chi connectivity index (χ1n) is 8.85. The maximum absolute atomic E-state index is 12.9. The van der Waals surface area contributed by atoms with Gasteiger partial charge in [0.15, 0.2) is 0 Å². The molecule has 2 aliphatic heterocycles. The lowest BCUT2D eigenvalue weighted by Crippen LogP contribution is -2.54. The number of hydrogen-bond acceptors (Lipinski definition) is 3. The Bertz CT molecular complexity index is 513. The van der Waals surface area contributed by atoms with Crippen LogP contribution in [0.3, 0.4) is 0 Å². The number of rotatable bonds is 3. The zero-order chi connectivity index (χ0) is 16.2. The summed E-state index contributed by atoms with van der Waals surface area (Å²) in [6.45, 7) is 6.91. The molecule has 0 saturated carbocycles. The predicted molar refractivity (Wildman–Crippen MR) is 91.1 cm³/mol. The van der Waals surface area contributed by atoms with Crippen molar-refractivity contribution in [1.82, 2.24) is 10.2 Å². The van der Waals surface area contributed by atoms with Crippen LogP contribution in [0.15, 0.2) is 30.3 Å². The zero-order valence-corrected chi connectivity index (χ0v) is 14.2. The lowest BCUT2D eigenvalue weighted by atomic mass is 9.92. The van der Waals surface area contributed by atoms with Gasteiger partial charge in [-0.25, -0.2) is 0 Å². The van der Waals surface area contributed by atoms with Gasteiger partial charge < -0.3 is 15.0 Å². The van der Waals surface area contributed by atoms with E-state index in [-0.39, 0.29) is 18.2 Å². The van der Waals surface area contributed by atoms with Crippen molar-refractivity contribution in [2.45, 2.75) is 51.3 Å². The molecule has 3 rings (SSSR count). The van der Waals surface area contributed by atoms with Crippen LogP contribution in [0.4, 0.5) is 0 Å². The van der Waals surface area contributed by atoms with Crippen LogP contribution in [0.1, 0.15) is 44.8 Å². The van der Waals surface area contributed by atoms with Crippen molar-refractivity contribution in [3.63, 3.8) is 0 Å². The molecule has 1 aromatic carbocycles. The summed E-state index contributed by atoms with van der Waals surface area (Å²) in [5.74, 6) is 0.822. The summed E-state index contributed by atoms with van der Waals surface area (Å²) in [6, 6.07) is 10.5. The van der Waals surface area contributed by atoms with Gasteiger partial charge in [0.05, 0.1) is 18.7 Å². The number of benzene rings is 1. The summed E-state index contributed by atoms with van der Waals surface area (Å²) < 4.78 is 6.06. The van der Waals surface area contributed by atoms with Crippen molar-refractivity contribution in [1.29, 1.82) is 0 Å². The Morgan fingerprint density at radius 3 is 2.61 bits per heavy atom. The standard InChI is InChI=1S/C19H28N2O2/c1-14-13-23-19(17-6-4-3-5-7-17)15(2)21(14)18(22)12-16-8-10-20-11-9-16/h3-7,14-16,19-20H,8-13H2,1-2H3/t14-,15-,19+/m1/s1. The quantitative estimate of drug-likeness (QED) is 0.932. The van der Waals surface area contributed by atoms with E-state index in [0.717, 1.165) is 31.5 Å². The van der Waals surface area contributed by atoms with Gasteiger partial charge in [-0.3, -0.25) is 4.79 Å². The predicted octanol–water partition coefficient (Wildman–Crippen LogP) is 2.75. The molecule has 0 bridgehead atoms. The molecule has 0 aliphatic carbocycles. The van der Waals surface area contributed by atoms with E-state index in [2.05, 4.69) is 36.2 Å². The first kappa shape index (κ1) is 16.5. The highest BCUT2D eigenvalue weighted by Crippen LogP contribution is 2.32. The first-order chi connectivity index (χ1) is 11.2. The minimum Gasteiger partial charge on any atom is -0.369 e. The molecule has 1 amide bonds. The average Bonchev–Trinajstić information content (AvgIpc) is 2.57. The Morgan fingerprint density at radius 2 is 1.91 bits per heavy atom. The minimum absolute atomic E-state index is 0.0237. The molecule has 2 fully saturated rings. The molecule has 0 spiro atoms. The summed E-state index contributed by atoms with van der Waals surface area (Å²) >= 11 is 0. The van der Waals surface area contributed by atoms with Crippen molar-refractivity contribution in [3.8, 4) is 0 Å². The first-order valence-corrected chi connectivity index (χ1v) is 8.85. The largest absolute Gasteiger partial charge is 0.369 e. The van der Waals surface area contributed by atoms with E-state index in [4.69, 9.17) is 4.74 Å². The van der Waals surface area contributed by atoms with Gasteiger partial charge >= 0.3 is 0 Å².